The first-order valence-corrected chi connectivity index (χ1v) is 8.04. The van der Waals surface area contributed by atoms with Crippen LogP contribution in [0.4, 0.5) is 0 Å². The molecule has 0 saturated carbocycles. The molecule has 5 nitrogen and oxygen atoms in total. The summed E-state index contributed by atoms with van der Waals surface area (Å²) in [5.41, 5.74) is 2.67. The van der Waals surface area contributed by atoms with Gasteiger partial charge in [-0.05, 0) is 48.4 Å². The SMILES string of the molecule is O=C1c2ccc(O)c(O)c2C(=O)N1C[C@H]1CCc2ccccc2C1. The lowest BCUT2D eigenvalue weighted by Gasteiger charge is -2.27. The van der Waals surface area contributed by atoms with Crippen molar-refractivity contribution in [3.05, 3.63) is 58.7 Å². The van der Waals surface area contributed by atoms with Crippen LogP contribution in [0.5, 0.6) is 11.5 Å². The van der Waals surface area contributed by atoms with Crippen molar-refractivity contribution < 1.29 is 19.8 Å². The fraction of sp³-hybridized carbons (Fsp3) is 0.263. The summed E-state index contributed by atoms with van der Waals surface area (Å²) in [4.78, 5) is 26.2. The van der Waals surface area contributed by atoms with Gasteiger partial charge in [-0.3, -0.25) is 14.5 Å². The third kappa shape index (κ3) is 2.16. The minimum absolute atomic E-state index is 0.0868. The van der Waals surface area contributed by atoms with Gasteiger partial charge in [0.2, 0.25) is 0 Å². The van der Waals surface area contributed by atoms with E-state index in [1.54, 1.807) is 0 Å². The normalized spacial score (nSPS) is 19.3. The maximum absolute atomic E-state index is 12.5. The summed E-state index contributed by atoms with van der Waals surface area (Å²) in [7, 11) is 0. The Morgan fingerprint density at radius 2 is 1.75 bits per heavy atom. The molecular formula is C19H17NO4. The molecule has 2 aliphatic rings. The van der Waals surface area contributed by atoms with E-state index < -0.39 is 17.6 Å². The van der Waals surface area contributed by atoms with Crippen molar-refractivity contribution in [3.8, 4) is 11.5 Å². The second kappa shape index (κ2) is 5.37. The van der Waals surface area contributed by atoms with Crippen molar-refractivity contribution in [2.45, 2.75) is 19.3 Å². The molecule has 2 N–H and O–H groups in total. The van der Waals surface area contributed by atoms with E-state index in [4.69, 9.17) is 0 Å². The molecule has 5 heteroatoms. The first kappa shape index (κ1) is 14.8. The monoisotopic (exact) mass is 323 g/mol. The van der Waals surface area contributed by atoms with Gasteiger partial charge in [0.1, 0.15) is 0 Å². The van der Waals surface area contributed by atoms with Crippen LogP contribution in [0.25, 0.3) is 0 Å². The van der Waals surface area contributed by atoms with Gasteiger partial charge < -0.3 is 10.2 Å². The molecule has 0 aromatic heterocycles. The van der Waals surface area contributed by atoms with Gasteiger partial charge in [0.15, 0.2) is 11.5 Å². The fourth-order valence-corrected chi connectivity index (χ4v) is 3.70. The van der Waals surface area contributed by atoms with Crippen molar-refractivity contribution in [2.75, 3.05) is 6.54 Å². The van der Waals surface area contributed by atoms with Gasteiger partial charge in [0, 0.05) is 6.54 Å². The molecule has 1 heterocycles. The molecule has 0 bridgehead atoms. The number of hydrogen-bond donors (Lipinski definition) is 2. The number of rotatable bonds is 2. The van der Waals surface area contributed by atoms with Gasteiger partial charge in [-0.2, -0.15) is 0 Å². The number of nitrogens with zero attached hydrogens (tertiary/aromatic N) is 1. The van der Waals surface area contributed by atoms with Crippen LogP contribution in [-0.2, 0) is 12.8 Å². The van der Waals surface area contributed by atoms with E-state index in [1.807, 2.05) is 12.1 Å². The van der Waals surface area contributed by atoms with E-state index in [0.717, 1.165) is 19.3 Å². The topological polar surface area (TPSA) is 77.8 Å². The smallest absolute Gasteiger partial charge is 0.265 e. The number of benzene rings is 2. The van der Waals surface area contributed by atoms with Gasteiger partial charge >= 0.3 is 0 Å². The predicted octanol–water partition coefficient (Wildman–Crippen LogP) is 2.50. The average Bonchev–Trinajstić information content (AvgIpc) is 2.83. The van der Waals surface area contributed by atoms with Gasteiger partial charge in [0.25, 0.3) is 11.8 Å². The number of aryl methyl sites for hydroxylation is 1. The quantitative estimate of drug-likeness (QED) is 0.657. The lowest BCUT2D eigenvalue weighted by atomic mass is 9.83. The number of carbonyl (C=O) groups excluding carboxylic acids is 2. The molecule has 2 aromatic rings. The fourth-order valence-electron chi connectivity index (χ4n) is 3.70. The number of carbonyl (C=O) groups is 2. The highest BCUT2D eigenvalue weighted by Gasteiger charge is 2.40. The van der Waals surface area contributed by atoms with Crippen LogP contribution in [0, 0.1) is 5.92 Å². The van der Waals surface area contributed by atoms with Crippen LogP contribution in [0.3, 0.4) is 0 Å². The maximum Gasteiger partial charge on any atom is 0.265 e. The maximum atomic E-state index is 12.5. The highest BCUT2D eigenvalue weighted by atomic mass is 16.3. The number of fused-ring (bicyclic) bond motifs is 2. The summed E-state index contributed by atoms with van der Waals surface area (Å²) in [6.07, 6.45) is 2.69. The summed E-state index contributed by atoms with van der Waals surface area (Å²) in [5.74, 6) is -1.62. The Labute approximate surface area is 139 Å². The Kier molecular flexibility index (Phi) is 3.30. The van der Waals surface area contributed by atoms with E-state index in [1.165, 1.54) is 28.2 Å². The van der Waals surface area contributed by atoms with Crippen LogP contribution in [-0.4, -0.2) is 33.5 Å². The summed E-state index contributed by atoms with van der Waals surface area (Å²) in [6.45, 7) is 0.334. The number of phenolic OH excluding ortho intramolecular Hbond substituents is 2. The zero-order chi connectivity index (χ0) is 16.8. The predicted molar refractivity (Wildman–Crippen MR) is 87.1 cm³/mol. The Morgan fingerprint density at radius 3 is 2.54 bits per heavy atom. The second-order valence-corrected chi connectivity index (χ2v) is 6.45. The Morgan fingerprint density at radius 1 is 1.00 bits per heavy atom. The van der Waals surface area contributed by atoms with Crippen molar-refractivity contribution in [2.24, 2.45) is 5.92 Å². The van der Waals surface area contributed by atoms with Gasteiger partial charge in [-0.15, -0.1) is 0 Å². The van der Waals surface area contributed by atoms with E-state index in [-0.39, 0.29) is 22.8 Å². The number of imide groups is 1. The van der Waals surface area contributed by atoms with E-state index in [2.05, 4.69) is 12.1 Å². The third-order valence-electron chi connectivity index (χ3n) is 4.98. The minimum Gasteiger partial charge on any atom is -0.504 e. The van der Waals surface area contributed by atoms with Crippen LogP contribution in [0.2, 0.25) is 0 Å². The van der Waals surface area contributed by atoms with Crippen molar-refractivity contribution in [1.82, 2.24) is 4.90 Å². The molecule has 2 aromatic carbocycles. The zero-order valence-electron chi connectivity index (χ0n) is 13.0. The highest BCUT2D eigenvalue weighted by molar-refractivity contribution is 6.22. The number of phenols is 2. The van der Waals surface area contributed by atoms with Gasteiger partial charge in [-0.25, -0.2) is 0 Å². The largest absolute Gasteiger partial charge is 0.504 e. The number of hydrogen-bond acceptors (Lipinski definition) is 4. The molecule has 24 heavy (non-hydrogen) atoms. The Hall–Kier alpha value is -2.82. The Bertz CT molecular complexity index is 858. The molecule has 2 amide bonds. The van der Waals surface area contributed by atoms with Crippen molar-refractivity contribution in [3.63, 3.8) is 0 Å². The van der Waals surface area contributed by atoms with E-state index >= 15 is 0 Å². The lowest BCUT2D eigenvalue weighted by Crippen LogP contribution is -2.36. The van der Waals surface area contributed by atoms with Crippen molar-refractivity contribution in [1.29, 1.82) is 0 Å². The van der Waals surface area contributed by atoms with E-state index in [9.17, 15) is 19.8 Å². The zero-order valence-corrected chi connectivity index (χ0v) is 13.0. The first-order chi connectivity index (χ1) is 11.6. The minimum atomic E-state index is -0.526. The molecule has 122 valence electrons. The highest BCUT2D eigenvalue weighted by Crippen LogP contribution is 2.37. The average molecular weight is 323 g/mol. The molecule has 1 aliphatic carbocycles. The lowest BCUT2D eigenvalue weighted by molar-refractivity contribution is 0.0623. The number of aromatic hydroxyl groups is 2. The number of amides is 2. The summed E-state index contributed by atoms with van der Waals surface area (Å²) < 4.78 is 0. The first-order valence-electron chi connectivity index (χ1n) is 8.04. The van der Waals surface area contributed by atoms with Crippen LogP contribution < -0.4 is 0 Å². The summed E-state index contributed by atoms with van der Waals surface area (Å²) in [5, 5.41) is 19.5. The second-order valence-electron chi connectivity index (χ2n) is 6.45. The molecular weight excluding hydrogens is 306 g/mol. The van der Waals surface area contributed by atoms with Gasteiger partial charge in [-0.1, -0.05) is 24.3 Å². The summed E-state index contributed by atoms with van der Waals surface area (Å²) in [6, 6.07) is 10.9. The van der Waals surface area contributed by atoms with Crippen LogP contribution in [0.15, 0.2) is 36.4 Å². The van der Waals surface area contributed by atoms with Crippen molar-refractivity contribution >= 4 is 11.8 Å². The van der Waals surface area contributed by atoms with Crippen LogP contribution >= 0.6 is 0 Å². The molecule has 0 unspecified atom stereocenters. The summed E-state index contributed by atoms with van der Waals surface area (Å²) >= 11 is 0. The molecule has 1 atom stereocenters. The molecule has 0 radical (unpaired) electrons. The molecule has 0 spiro atoms. The Balaban J connectivity index is 1.58. The molecule has 1 aliphatic heterocycles. The molecule has 4 rings (SSSR count). The standard InChI is InChI=1S/C19H17NO4/c21-15-8-7-14-16(17(15)22)19(24)20(18(14)23)10-11-5-6-12-3-1-2-4-13(12)9-11/h1-4,7-8,11,21-22H,5-6,9-10H2/t11-/m0/s1. The molecule has 0 saturated heterocycles. The van der Waals surface area contributed by atoms with Crippen LogP contribution in [0.1, 0.15) is 38.3 Å². The van der Waals surface area contributed by atoms with E-state index in [0.29, 0.717) is 6.54 Å². The molecule has 0 fully saturated rings. The third-order valence-corrected chi connectivity index (χ3v) is 4.98. The van der Waals surface area contributed by atoms with Gasteiger partial charge in [0.05, 0.1) is 11.1 Å².